The molecule has 0 aromatic heterocycles. The lowest BCUT2D eigenvalue weighted by atomic mass is 10.0. The van der Waals surface area contributed by atoms with Crippen LogP contribution in [-0.2, 0) is 9.47 Å². The second kappa shape index (κ2) is 15.0. The van der Waals surface area contributed by atoms with Crippen LogP contribution in [0.1, 0.15) is 114 Å². The maximum absolute atomic E-state index is 6.24. The van der Waals surface area contributed by atoms with Gasteiger partial charge in [0.15, 0.2) is 5.79 Å². The second-order valence-corrected chi connectivity index (χ2v) is 8.81. The average molecular weight is 393 g/mol. The summed E-state index contributed by atoms with van der Waals surface area (Å²) in [6.45, 7) is 19.5. The van der Waals surface area contributed by atoms with E-state index in [4.69, 9.17) is 9.47 Å². The van der Waals surface area contributed by atoms with Gasteiger partial charge in [-0.1, -0.05) is 48.8 Å². The Morgan fingerprint density at radius 1 is 0.750 bits per heavy atom. The van der Waals surface area contributed by atoms with Gasteiger partial charge in [-0.15, -0.1) is 0 Å². The van der Waals surface area contributed by atoms with Crippen LogP contribution >= 0.6 is 0 Å². The normalized spacial score (nSPS) is 17.2. The Labute approximate surface area is 176 Å². The summed E-state index contributed by atoms with van der Waals surface area (Å²) in [7, 11) is 0. The molecule has 2 nitrogen and oxygen atoms in total. The third-order valence-corrected chi connectivity index (χ3v) is 5.26. The van der Waals surface area contributed by atoms with Crippen molar-refractivity contribution in [3.05, 3.63) is 34.9 Å². The lowest BCUT2D eigenvalue weighted by Crippen LogP contribution is -2.38. The van der Waals surface area contributed by atoms with Crippen LogP contribution in [0.15, 0.2) is 34.9 Å². The van der Waals surface area contributed by atoms with E-state index in [1.165, 1.54) is 23.1 Å². The highest BCUT2D eigenvalue weighted by atomic mass is 16.7. The maximum Gasteiger partial charge on any atom is 0.166 e. The van der Waals surface area contributed by atoms with Crippen LogP contribution in [0.2, 0.25) is 0 Å². The Hall–Kier alpha value is -0.860. The molecule has 0 N–H and O–H groups in total. The molecule has 0 spiro atoms. The number of hydrogen-bond donors (Lipinski definition) is 0. The summed E-state index contributed by atoms with van der Waals surface area (Å²) in [4.78, 5) is 0. The van der Waals surface area contributed by atoms with Crippen LogP contribution in [0.25, 0.3) is 0 Å². The molecule has 28 heavy (non-hydrogen) atoms. The monoisotopic (exact) mass is 392 g/mol. The van der Waals surface area contributed by atoms with E-state index < -0.39 is 5.79 Å². The average Bonchev–Trinajstić information content (AvgIpc) is 2.60. The van der Waals surface area contributed by atoms with Crippen LogP contribution in [0, 0.1) is 0 Å². The summed E-state index contributed by atoms with van der Waals surface area (Å²) in [5.41, 5.74) is 4.37. The fourth-order valence-corrected chi connectivity index (χ4v) is 3.08. The van der Waals surface area contributed by atoms with Crippen molar-refractivity contribution in [1.82, 2.24) is 0 Å². The van der Waals surface area contributed by atoms with E-state index in [1.807, 2.05) is 0 Å². The highest BCUT2D eigenvalue weighted by Crippen LogP contribution is 2.26. The van der Waals surface area contributed by atoms with Gasteiger partial charge >= 0.3 is 0 Å². The van der Waals surface area contributed by atoms with Gasteiger partial charge in [-0.25, -0.2) is 0 Å². The zero-order valence-electron chi connectivity index (χ0n) is 20.4. The molecule has 0 bridgehead atoms. The van der Waals surface area contributed by atoms with Gasteiger partial charge < -0.3 is 9.47 Å². The van der Waals surface area contributed by atoms with Crippen molar-refractivity contribution >= 4 is 0 Å². The molecule has 0 aromatic rings. The van der Waals surface area contributed by atoms with E-state index in [2.05, 4.69) is 80.5 Å². The molecule has 164 valence electrons. The first-order valence-corrected chi connectivity index (χ1v) is 11.4. The molecule has 0 heterocycles. The second-order valence-electron chi connectivity index (χ2n) is 8.81. The highest BCUT2D eigenvalue weighted by molar-refractivity contribution is 5.05. The number of ether oxygens (including phenoxy) is 2. The summed E-state index contributed by atoms with van der Waals surface area (Å²) < 4.78 is 12.5. The first-order valence-electron chi connectivity index (χ1n) is 11.4. The minimum atomic E-state index is -0.497. The number of rotatable bonds is 15. The Morgan fingerprint density at radius 3 is 1.61 bits per heavy atom. The Bertz CT molecular complexity index is 483. The van der Waals surface area contributed by atoms with Gasteiger partial charge in [-0.3, -0.25) is 0 Å². The SMILES string of the molecule is CCC(C)OC(C)(CC/C=C(\C)CC/C=C(\C)CCC=C(C)C)OC(C)CC. The highest BCUT2D eigenvalue weighted by Gasteiger charge is 2.29. The maximum atomic E-state index is 6.24. The van der Waals surface area contributed by atoms with Crippen molar-refractivity contribution in [2.45, 2.75) is 132 Å². The van der Waals surface area contributed by atoms with Gasteiger partial charge in [0.25, 0.3) is 0 Å². The molecule has 2 heteroatoms. The molecule has 0 aliphatic heterocycles. The van der Waals surface area contributed by atoms with Gasteiger partial charge in [0.05, 0.1) is 12.2 Å². The van der Waals surface area contributed by atoms with Gasteiger partial charge in [0.2, 0.25) is 0 Å². The minimum Gasteiger partial charge on any atom is -0.347 e. The molecule has 2 atom stereocenters. The molecule has 0 saturated heterocycles. The first kappa shape index (κ1) is 27.1. The van der Waals surface area contributed by atoms with Crippen LogP contribution in [0.4, 0.5) is 0 Å². The van der Waals surface area contributed by atoms with E-state index in [-0.39, 0.29) is 12.2 Å². The topological polar surface area (TPSA) is 18.5 Å². The molecule has 0 saturated carbocycles. The lowest BCUT2D eigenvalue weighted by molar-refractivity contribution is -0.266. The van der Waals surface area contributed by atoms with E-state index in [0.717, 1.165) is 44.9 Å². The predicted molar refractivity (Wildman–Crippen MR) is 125 cm³/mol. The molecular weight excluding hydrogens is 344 g/mol. The van der Waals surface area contributed by atoms with Crippen LogP contribution in [0.3, 0.4) is 0 Å². The summed E-state index contributed by atoms with van der Waals surface area (Å²) in [5, 5.41) is 0. The van der Waals surface area contributed by atoms with E-state index in [0.29, 0.717) is 0 Å². The smallest absolute Gasteiger partial charge is 0.166 e. The van der Waals surface area contributed by atoms with Gasteiger partial charge in [0, 0.05) is 6.42 Å². The van der Waals surface area contributed by atoms with Crippen molar-refractivity contribution in [3.63, 3.8) is 0 Å². The quantitative estimate of drug-likeness (QED) is 0.205. The lowest BCUT2D eigenvalue weighted by Gasteiger charge is -2.35. The van der Waals surface area contributed by atoms with Crippen molar-refractivity contribution in [2.24, 2.45) is 0 Å². The van der Waals surface area contributed by atoms with Crippen molar-refractivity contribution in [3.8, 4) is 0 Å². The first-order chi connectivity index (χ1) is 13.1. The molecule has 0 radical (unpaired) electrons. The zero-order chi connectivity index (χ0) is 21.6. The van der Waals surface area contributed by atoms with E-state index in [9.17, 15) is 0 Å². The molecule has 0 fully saturated rings. The third-order valence-electron chi connectivity index (χ3n) is 5.26. The molecular formula is C26H48O2. The standard InChI is InChI=1S/C26H48O2/c1-10-24(7)27-26(9,28-25(8)11-2)20-14-19-23(6)18-13-17-22(5)16-12-15-21(3)4/h15,17,19,24-25H,10-14,16,18,20H2,1-9H3/b22-17+,23-19+. The predicted octanol–water partition coefficient (Wildman–Crippen LogP) is 8.53. The third kappa shape index (κ3) is 14.2. The molecule has 0 aliphatic rings. The van der Waals surface area contributed by atoms with Gasteiger partial charge in [0.1, 0.15) is 0 Å². The zero-order valence-corrected chi connectivity index (χ0v) is 20.4. The Morgan fingerprint density at radius 2 is 1.18 bits per heavy atom. The number of allylic oxidation sites excluding steroid dienone is 6. The number of hydrogen-bond acceptors (Lipinski definition) is 2. The largest absolute Gasteiger partial charge is 0.347 e. The minimum absolute atomic E-state index is 0.221. The van der Waals surface area contributed by atoms with E-state index >= 15 is 0 Å². The van der Waals surface area contributed by atoms with Gasteiger partial charge in [-0.05, 0) is 93.4 Å². The van der Waals surface area contributed by atoms with Crippen molar-refractivity contribution in [1.29, 1.82) is 0 Å². The molecule has 2 unspecified atom stereocenters. The van der Waals surface area contributed by atoms with Crippen LogP contribution in [-0.4, -0.2) is 18.0 Å². The Balaban J connectivity index is 4.50. The summed E-state index contributed by atoms with van der Waals surface area (Å²) in [6, 6.07) is 0. The van der Waals surface area contributed by atoms with E-state index in [1.54, 1.807) is 0 Å². The fraction of sp³-hybridized carbons (Fsp3) is 0.769. The van der Waals surface area contributed by atoms with Crippen LogP contribution in [0.5, 0.6) is 0 Å². The molecule has 0 aliphatic carbocycles. The van der Waals surface area contributed by atoms with Crippen molar-refractivity contribution in [2.75, 3.05) is 0 Å². The molecule has 0 rings (SSSR count). The van der Waals surface area contributed by atoms with Crippen molar-refractivity contribution < 1.29 is 9.47 Å². The van der Waals surface area contributed by atoms with Crippen LogP contribution < -0.4 is 0 Å². The summed E-state index contributed by atoms with van der Waals surface area (Å²) in [5.74, 6) is -0.497. The summed E-state index contributed by atoms with van der Waals surface area (Å²) >= 11 is 0. The summed E-state index contributed by atoms with van der Waals surface area (Å²) in [6.07, 6.45) is 16.0. The fourth-order valence-electron chi connectivity index (χ4n) is 3.08. The van der Waals surface area contributed by atoms with Gasteiger partial charge in [-0.2, -0.15) is 0 Å². The molecule has 0 aromatic carbocycles. The molecule has 0 amide bonds. The Kier molecular flexibility index (Phi) is 14.6.